The van der Waals surface area contributed by atoms with Gasteiger partial charge in [0, 0.05) is 12.5 Å². The molecule has 5 nitrogen and oxygen atoms in total. The van der Waals surface area contributed by atoms with E-state index >= 15 is 0 Å². The molecule has 126 valence electrons. The van der Waals surface area contributed by atoms with Crippen LogP contribution in [0.1, 0.15) is 12.8 Å². The summed E-state index contributed by atoms with van der Waals surface area (Å²) in [5, 5.41) is 0. The third-order valence-corrected chi connectivity index (χ3v) is 6.53. The Morgan fingerprint density at radius 2 is 2.09 bits per heavy atom. The van der Waals surface area contributed by atoms with Crippen LogP contribution >= 0.6 is 0 Å². The molecule has 6 heteroatoms. The number of nitrogens with zero attached hydrogens (tertiary/aromatic N) is 1. The fourth-order valence-electron chi connectivity index (χ4n) is 3.53. The van der Waals surface area contributed by atoms with Gasteiger partial charge in [-0.1, -0.05) is 24.3 Å². The Kier molecular flexibility index (Phi) is 5.16. The molecule has 1 aliphatic heterocycles. The van der Waals surface area contributed by atoms with Gasteiger partial charge in [-0.05, 0) is 25.0 Å². The third kappa shape index (κ3) is 3.35. The number of morpholine rings is 1. The molecule has 1 aromatic carbocycles. The van der Waals surface area contributed by atoms with Crippen LogP contribution in [0.15, 0.2) is 47.9 Å². The first-order valence-corrected chi connectivity index (χ1v) is 9.45. The SMILES string of the molecule is C=CCOCC1CCC2C1OCCN2S(=O)(=O)c1ccccc1. The first-order valence-electron chi connectivity index (χ1n) is 8.01. The van der Waals surface area contributed by atoms with Gasteiger partial charge in [0.1, 0.15) is 0 Å². The molecule has 23 heavy (non-hydrogen) atoms. The summed E-state index contributed by atoms with van der Waals surface area (Å²) < 4.78 is 38.9. The highest BCUT2D eigenvalue weighted by molar-refractivity contribution is 7.89. The quantitative estimate of drug-likeness (QED) is 0.589. The predicted molar refractivity (Wildman–Crippen MR) is 87.6 cm³/mol. The molecule has 2 fully saturated rings. The van der Waals surface area contributed by atoms with Crippen molar-refractivity contribution in [3.8, 4) is 0 Å². The highest BCUT2D eigenvalue weighted by atomic mass is 32.2. The summed E-state index contributed by atoms with van der Waals surface area (Å²) >= 11 is 0. The lowest BCUT2D eigenvalue weighted by molar-refractivity contribution is -0.0605. The van der Waals surface area contributed by atoms with Gasteiger partial charge in [0.25, 0.3) is 0 Å². The van der Waals surface area contributed by atoms with Gasteiger partial charge < -0.3 is 9.47 Å². The maximum absolute atomic E-state index is 12.9. The molecule has 3 atom stereocenters. The van der Waals surface area contributed by atoms with Crippen LogP contribution in [0.2, 0.25) is 0 Å². The molecule has 0 N–H and O–H groups in total. The summed E-state index contributed by atoms with van der Waals surface area (Å²) in [6.07, 6.45) is 3.39. The molecule has 0 spiro atoms. The van der Waals surface area contributed by atoms with Crippen molar-refractivity contribution in [3.63, 3.8) is 0 Å². The van der Waals surface area contributed by atoms with Gasteiger partial charge in [-0.25, -0.2) is 8.42 Å². The fourth-order valence-corrected chi connectivity index (χ4v) is 5.20. The number of fused-ring (bicyclic) bond motifs is 1. The maximum atomic E-state index is 12.9. The molecule has 0 amide bonds. The Balaban J connectivity index is 1.76. The molecule has 1 aliphatic carbocycles. The molecule has 1 heterocycles. The molecule has 2 aliphatic rings. The lowest BCUT2D eigenvalue weighted by atomic mass is 10.1. The Morgan fingerprint density at radius 3 is 2.83 bits per heavy atom. The molecule has 0 aromatic heterocycles. The van der Waals surface area contributed by atoms with Crippen LogP contribution in [0, 0.1) is 5.92 Å². The van der Waals surface area contributed by atoms with Gasteiger partial charge in [-0.15, -0.1) is 6.58 Å². The summed E-state index contributed by atoms with van der Waals surface area (Å²) in [6.45, 7) is 5.59. The molecule has 3 rings (SSSR count). The van der Waals surface area contributed by atoms with Crippen LogP contribution in [0.5, 0.6) is 0 Å². The van der Waals surface area contributed by atoms with Crippen molar-refractivity contribution >= 4 is 10.0 Å². The molecule has 1 saturated heterocycles. The summed E-state index contributed by atoms with van der Waals surface area (Å²) in [4.78, 5) is 0.354. The van der Waals surface area contributed by atoms with Crippen molar-refractivity contribution in [1.82, 2.24) is 4.31 Å². The van der Waals surface area contributed by atoms with Crippen molar-refractivity contribution in [2.24, 2.45) is 5.92 Å². The van der Waals surface area contributed by atoms with Gasteiger partial charge in [-0.3, -0.25) is 0 Å². The second kappa shape index (κ2) is 7.13. The Hall–Kier alpha value is -1.21. The van der Waals surface area contributed by atoms with E-state index in [2.05, 4.69) is 6.58 Å². The zero-order valence-electron chi connectivity index (χ0n) is 13.1. The Bertz CT molecular complexity index is 631. The standard InChI is InChI=1S/C17H23NO4S/c1-2-11-21-13-14-8-9-16-17(14)22-12-10-18(16)23(19,20)15-6-4-3-5-7-15/h2-7,14,16-17H,1,8-13H2. The molecule has 1 aromatic rings. The zero-order chi connectivity index (χ0) is 16.3. The second-order valence-corrected chi connectivity index (χ2v) is 7.89. The zero-order valence-corrected chi connectivity index (χ0v) is 14.0. The summed E-state index contributed by atoms with van der Waals surface area (Å²) in [6, 6.07) is 8.55. The number of sulfonamides is 1. The van der Waals surface area contributed by atoms with E-state index in [1.54, 1.807) is 34.6 Å². The first-order chi connectivity index (χ1) is 11.1. The average Bonchev–Trinajstić information content (AvgIpc) is 2.99. The number of ether oxygens (including phenoxy) is 2. The smallest absolute Gasteiger partial charge is 0.243 e. The fraction of sp³-hybridized carbons (Fsp3) is 0.529. The second-order valence-electron chi connectivity index (χ2n) is 6.00. The maximum Gasteiger partial charge on any atom is 0.243 e. The molecular formula is C17H23NO4S. The van der Waals surface area contributed by atoms with E-state index in [4.69, 9.17) is 9.47 Å². The number of benzene rings is 1. The van der Waals surface area contributed by atoms with Crippen LogP contribution in [0.3, 0.4) is 0 Å². The van der Waals surface area contributed by atoms with Gasteiger partial charge in [0.15, 0.2) is 0 Å². The van der Waals surface area contributed by atoms with E-state index < -0.39 is 10.0 Å². The van der Waals surface area contributed by atoms with Crippen LogP contribution in [-0.4, -0.2) is 51.2 Å². The van der Waals surface area contributed by atoms with Crippen LogP contribution in [0.4, 0.5) is 0 Å². The lowest BCUT2D eigenvalue weighted by Gasteiger charge is -2.38. The van der Waals surface area contributed by atoms with E-state index in [1.165, 1.54) is 0 Å². The van der Waals surface area contributed by atoms with Crippen LogP contribution in [0.25, 0.3) is 0 Å². The summed E-state index contributed by atoms with van der Waals surface area (Å²) in [5.74, 6) is 0.244. The number of hydrogen-bond donors (Lipinski definition) is 0. The average molecular weight is 337 g/mol. The van der Waals surface area contributed by atoms with Crippen molar-refractivity contribution in [3.05, 3.63) is 43.0 Å². The number of rotatable bonds is 6. The first kappa shape index (κ1) is 16.6. The van der Waals surface area contributed by atoms with Crippen molar-refractivity contribution in [2.75, 3.05) is 26.4 Å². The van der Waals surface area contributed by atoms with E-state index in [1.807, 2.05) is 6.07 Å². The minimum Gasteiger partial charge on any atom is -0.377 e. The monoisotopic (exact) mass is 337 g/mol. The van der Waals surface area contributed by atoms with Crippen molar-refractivity contribution in [1.29, 1.82) is 0 Å². The van der Waals surface area contributed by atoms with E-state index in [0.29, 0.717) is 31.3 Å². The minimum atomic E-state index is -3.47. The topological polar surface area (TPSA) is 55.8 Å². The molecule has 0 radical (unpaired) electrons. The summed E-state index contributed by atoms with van der Waals surface area (Å²) in [5.41, 5.74) is 0. The van der Waals surface area contributed by atoms with Crippen LogP contribution < -0.4 is 0 Å². The van der Waals surface area contributed by atoms with E-state index in [9.17, 15) is 8.42 Å². The number of hydrogen-bond acceptors (Lipinski definition) is 4. The highest BCUT2D eigenvalue weighted by Crippen LogP contribution is 2.37. The molecule has 1 saturated carbocycles. The lowest BCUT2D eigenvalue weighted by Crippen LogP contribution is -2.52. The van der Waals surface area contributed by atoms with E-state index in [0.717, 1.165) is 12.8 Å². The highest BCUT2D eigenvalue weighted by Gasteiger charge is 2.46. The molecular weight excluding hydrogens is 314 g/mol. The van der Waals surface area contributed by atoms with E-state index in [-0.39, 0.29) is 18.1 Å². The molecule has 0 bridgehead atoms. The normalized spacial score (nSPS) is 28.4. The molecule has 3 unspecified atom stereocenters. The summed E-state index contributed by atoms with van der Waals surface area (Å²) in [7, 11) is -3.47. The van der Waals surface area contributed by atoms with Crippen LogP contribution in [-0.2, 0) is 19.5 Å². The Morgan fingerprint density at radius 1 is 1.30 bits per heavy atom. The van der Waals surface area contributed by atoms with Crippen molar-refractivity contribution < 1.29 is 17.9 Å². The third-order valence-electron chi connectivity index (χ3n) is 4.59. The largest absolute Gasteiger partial charge is 0.377 e. The van der Waals surface area contributed by atoms with Gasteiger partial charge in [0.2, 0.25) is 10.0 Å². The minimum absolute atomic E-state index is 0.0768. The Labute approximate surface area is 137 Å². The van der Waals surface area contributed by atoms with Gasteiger partial charge in [-0.2, -0.15) is 4.31 Å². The van der Waals surface area contributed by atoms with Gasteiger partial charge in [0.05, 0.1) is 36.9 Å². The van der Waals surface area contributed by atoms with Crippen molar-refractivity contribution in [2.45, 2.75) is 29.9 Å². The van der Waals surface area contributed by atoms with Gasteiger partial charge >= 0.3 is 0 Å². The predicted octanol–water partition coefficient (Wildman–Crippen LogP) is 2.06.